The summed E-state index contributed by atoms with van der Waals surface area (Å²) >= 11 is 0. The third-order valence-electron chi connectivity index (χ3n) is 15.0. The van der Waals surface area contributed by atoms with E-state index in [0.717, 1.165) is 116 Å². The van der Waals surface area contributed by atoms with Gasteiger partial charge in [0.2, 0.25) is 0 Å². The number of hydrogen-bond donors (Lipinski definition) is 0. The van der Waals surface area contributed by atoms with E-state index in [1.807, 2.05) is 36.4 Å². The van der Waals surface area contributed by atoms with Crippen LogP contribution in [0.2, 0.25) is 0 Å². The summed E-state index contributed by atoms with van der Waals surface area (Å²) in [6.45, 7) is 0. The van der Waals surface area contributed by atoms with Gasteiger partial charge in [-0.15, -0.1) is 0 Å². The summed E-state index contributed by atoms with van der Waals surface area (Å²) in [6, 6.07) is 89.4. The molecule has 0 saturated carbocycles. The van der Waals surface area contributed by atoms with Crippen LogP contribution in [-0.4, -0.2) is 36.3 Å². The van der Waals surface area contributed by atoms with Crippen LogP contribution >= 0.6 is 0 Å². The van der Waals surface area contributed by atoms with Crippen LogP contribution in [0.5, 0.6) is 17.2 Å². The van der Waals surface area contributed by atoms with Crippen LogP contribution < -0.4 is 14.2 Å². The van der Waals surface area contributed by atoms with Crippen molar-refractivity contribution in [2.45, 2.75) is 0 Å². The molecule has 372 valence electrons. The van der Waals surface area contributed by atoms with Crippen LogP contribution in [0.4, 0.5) is 0 Å². The molecule has 13 rings (SSSR count). The molecular weight excluding hydrogens is 955 g/mol. The first kappa shape index (κ1) is 47.5. The average Bonchev–Trinajstić information content (AvgIpc) is 3.53. The first-order chi connectivity index (χ1) is 38.5. The molecule has 6 heteroatoms. The van der Waals surface area contributed by atoms with Gasteiger partial charge in [-0.25, -0.2) is 15.0 Å². The Kier molecular flexibility index (Phi) is 12.5. The Bertz CT molecular complexity index is 3870. The maximum atomic E-state index is 5.67. The Balaban J connectivity index is 0.808. The lowest BCUT2D eigenvalue weighted by Gasteiger charge is -2.12. The second-order valence-electron chi connectivity index (χ2n) is 19.4. The minimum atomic E-state index is 0.597. The number of methoxy groups -OCH3 is 3. The fourth-order valence-electron chi connectivity index (χ4n) is 10.8. The molecule has 13 aromatic rings. The number of nitrogens with zero attached hydrogens (tertiary/aromatic N) is 3. The van der Waals surface area contributed by atoms with E-state index in [9.17, 15) is 0 Å². The molecule has 0 saturated heterocycles. The molecule has 1 aromatic heterocycles. The SMILES string of the molecule is COc1ccc(-c2ccc(-c3ccc(-c4nc(-c5ccc(-c6ccc(-c7ccc(OC)c8ccccc78)cc6)cc5)nc(-c5ccc(-c6ccc(-c7ccc(OC)c8ccccc78)cc6)cc5)n4)cc3)cc2)c2ccccc12. The van der Waals surface area contributed by atoms with E-state index >= 15 is 0 Å². The highest BCUT2D eigenvalue weighted by molar-refractivity contribution is 6.02. The van der Waals surface area contributed by atoms with Crippen molar-refractivity contribution >= 4 is 32.3 Å². The highest BCUT2D eigenvalue weighted by atomic mass is 16.5. The van der Waals surface area contributed by atoms with Crippen molar-refractivity contribution in [2.75, 3.05) is 21.3 Å². The zero-order valence-corrected chi connectivity index (χ0v) is 43.3. The van der Waals surface area contributed by atoms with Gasteiger partial charge in [0, 0.05) is 32.8 Å². The van der Waals surface area contributed by atoms with Crippen LogP contribution in [-0.2, 0) is 0 Å². The molecule has 12 aromatic carbocycles. The summed E-state index contributed by atoms with van der Waals surface area (Å²) in [6.07, 6.45) is 0. The van der Waals surface area contributed by atoms with Gasteiger partial charge < -0.3 is 14.2 Å². The maximum absolute atomic E-state index is 5.67. The van der Waals surface area contributed by atoms with Gasteiger partial charge in [-0.2, -0.15) is 0 Å². The van der Waals surface area contributed by atoms with Gasteiger partial charge in [0.15, 0.2) is 17.5 Å². The monoisotopic (exact) mass is 1010 g/mol. The summed E-state index contributed by atoms with van der Waals surface area (Å²) in [4.78, 5) is 15.4. The van der Waals surface area contributed by atoms with E-state index in [1.165, 1.54) is 16.7 Å². The largest absolute Gasteiger partial charge is 0.496 e. The lowest BCUT2D eigenvalue weighted by molar-refractivity contribution is 0.420. The molecule has 0 N–H and O–H groups in total. The summed E-state index contributed by atoms with van der Waals surface area (Å²) in [7, 11) is 5.16. The number of ether oxygens (including phenoxy) is 3. The normalized spacial score (nSPS) is 11.3. The van der Waals surface area contributed by atoms with E-state index < -0.39 is 0 Å². The number of benzene rings is 12. The van der Waals surface area contributed by atoms with Gasteiger partial charge in [-0.3, -0.25) is 0 Å². The Morgan fingerprint density at radius 2 is 0.385 bits per heavy atom. The number of rotatable bonds is 12. The molecule has 0 aliphatic heterocycles. The fourth-order valence-corrected chi connectivity index (χ4v) is 10.8. The van der Waals surface area contributed by atoms with Gasteiger partial charge in [-0.05, 0) is 101 Å². The van der Waals surface area contributed by atoms with Crippen molar-refractivity contribution in [3.8, 4) is 118 Å². The topological polar surface area (TPSA) is 66.4 Å². The number of aromatic nitrogens is 3. The van der Waals surface area contributed by atoms with Crippen LogP contribution in [0.25, 0.3) is 133 Å². The van der Waals surface area contributed by atoms with E-state index in [4.69, 9.17) is 29.2 Å². The van der Waals surface area contributed by atoms with Crippen LogP contribution in [0.3, 0.4) is 0 Å². The molecule has 0 unspecified atom stereocenters. The van der Waals surface area contributed by atoms with Crippen molar-refractivity contribution in [3.63, 3.8) is 0 Å². The number of fused-ring (bicyclic) bond motifs is 3. The molecule has 0 radical (unpaired) electrons. The minimum absolute atomic E-state index is 0.597. The summed E-state index contributed by atoms with van der Waals surface area (Å²) in [5.41, 5.74) is 16.3. The highest BCUT2D eigenvalue weighted by Crippen LogP contribution is 2.39. The van der Waals surface area contributed by atoms with E-state index in [-0.39, 0.29) is 0 Å². The summed E-state index contributed by atoms with van der Waals surface area (Å²) < 4.78 is 17.0. The predicted octanol–water partition coefficient (Wildman–Crippen LogP) is 18.4. The smallest absolute Gasteiger partial charge is 0.164 e. The maximum Gasteiger partial charge on any atom is 0.164 e. The Hall–Kier alpha value is -10.2. The first-order valence-corrected chi connectivity index (χ1v) is 26.1. The minimum Gasteiger partial charge on any atom is -0.496 e. The van der Waals surface area contributed by atoms with Crippen LogP contribution in [0, 0.1) is 0 Å². The molecule has 0 atom stereocenters. The van der Waals surface area contributed by atoms with E-state index in [1.54, 1.807) is 21.3 Å². The quantitative estimate of drug-likeness (QED) is 0.121. The average molecular weight is 1010 g/mol. The van der Waals surface area contributed by atoms with Crippen LogP contribution in [0.1, 0.15) is 0 Å². The molecular formula is C72H51N3O3. The highest BCUT2D eigenvalue weighted by Gasteiger charge is 2.16. The van der Waals surface area contributed by atoms with Crippen molar-refractivity contribution in [1.82, 2.24) is 15.0 Å². The third kappa shape index (κ3) is 8.95. The zero-order chi connectivity index (χ0) is 52.5. The fraction of sp³-hybridized carbons (Fsp3) is 0.0417. The van der Waals surface area contributed by atoms with Gasteiger partial charge >= 0.3 is 0 Å². The number of hydrogen-bond acceptors (Lipinski definition) is 6. The molecule has 0 spiro atoms. The molecule has 0 bridgehead atoms. The second-order valence-corrected chi connectivity index (χ2v) is 19.4. The molecule has 1 heterocycles. The second kappa shape index (κ2) is 20.5. The first-order valence-electron chi connectivity index (χ1n) is 26.1. The standard InChI is InChI=1S/C72H51N3O3/c1-76-67-43-40-58(61-10-4-7-13-64(61)67)52-28-16-46(17-29-52)49-22-34-55(35-23-49)70-73-71(56-36-24-50(25-37-56)47-18-30-53(31-19-47)59-41-44-68(77-2)65-14-8-5-11-62(59)65)75-72(74-70)57-38-26-51(27-39-57)48-20-32-54(33-21-48)60-42-45-69(78-3)66-15-9-6-12-63(60)66/h4-45H,1-3H3. The summed E-state index contributed by atoms with van der Waals surface area (Å²) in [5.74, 6) is 4.40. The van der Waals surface area contributed by atoms with Gasteiger partial charge in [0.05, 0.1) is 21.3 Å². The van der Waals surface area contributed by atoms with Gasteiger partial charge in [0.25, 0.3) is 0 Å². The van der Waals surface area contributed by atoms with Crippen molar-refractivity contribution in [3.05, 3.63) is 255 Å². The molecule has 0 amide bonds. The van der Waals surface area contributed by atoms with Crippen LogP contribution in [0.15, 0.2) is 255 Å². The van der Waals surface area contributed by atoms with Crippen molar-refractivity contribution < 1.29 is 14.2 Å². The summed E-state index contributed by atoms with van der Waals surface area (Å²) in [5, 5.41) is 6.77. The molecule has 0 aliphatic carbocycles. The van der Waals surface area contributed by atoms with Gasteiger partial charge in [0.1, 0.15) is 17.2 Å². The van der Waals surface area contributed by atoms with E-state index in [0.29, 0.717) is 17.5 Å². The molecule has 0 aliphatic rings. The third-order valence-corrected chi connectivity index (χ3v) is 15.0. The Morgan fingerprint density at radius 1 is 0.192 bits per heavy atom. The van der Waals surface area contributed by atoms with Gasteiger partial charge in [-0.1, -0.05) is 237 Å². The lowest BCUT2D eigenvalue weighted by atomic mass is 9.95. The Morgan fingerprint density at radius 3 is 0.603 bits per heavy atom. The molecule has 0 fully saturated rings. The van der Waals surface area contributed by atoms with Crippen molar-refractivity contribution in [2.24, 2.45) is 0 Å². The molecule has 6 nitrogen and oxygen atoms in total. The lowest BCUT2D eigenvalue weighted by Crippen LogP contribution is -2.00. The van der Waals surface area contributed by atoms with E-state index in [2.05, 4.69) is 218 Å². The molecule has 78 heavy (non-hydrogen) atoms. The predicted molar refractivity (Wildman–Crippen MR) is 321 cm³/mol. The van der Waals surface area contributed by atoms with Crippen molar-refractivity contribution in [1.29, 1.82) is 0 Å². The zero-order valence-electron chi connectivity index (χ0n) is 43.3. The Labute approximate surface area is 453 Å².